The molecule has 0 spiro atoms. The van der Waals surface area contributed by atoms with Crippen molar-refractivity contribution in [3.8, 4) is 0 Å². The normalized spacial score (nSPS) is 12.9. The number of hydrogen-bond acceptors (Lipinski definition) is 2. The summed E-state index contributed by atoms with van der Waals surface area (Å²) in [6.45, 7) is 0. The molecule has 0 bridgehead atoms. The van der Waals surface area contributed by atoms with Crippen LogP contribution in [0, 0.1) is 0 Å². The molecule has 1 aromatic rings. The highest BCUT2D eigenvalue weighted by molar-refractivity contribution is 8.00. The van der Waals surface area contributed by atoms with E-state index in [0.717, 1.165) is 4.90 Å². The maximum Gasteiger partial charge on any atom is 0.317 e. The van der Waals surface area contributed by atoms with Crippen molar-refractivity contribution in [1.82, 2.24) is 10.2 Å². The van der Waals surface area contributed by atoms with Gasteiger partial charge >= 0.3 is 6.03 Å². The second kappa shape index (κ2) is 7.14. The van der Waals surface area contributed by atoms with E-state index in [9.17, 15) is 4.79 Å². The van der Waals surface area contributed by atoms with Crippen LogP contribution < -0.4 is 5.32 Å². The summed E-state index contributed by atoms with van der Waals surface area (Å²) in [5, 5.41) is 2.54. The fourth-order valence-corrected chi connectivity index (χ4v) is 2.62. The van der Waals surface area contributed by atoms with E-state index in [0.29, 0.717) is 5.02 Å². The first-order valence-electron chi connectivity index (χ1n) is 5.17. The van der Waals surface area contributed by atoms with Crippen molar-refractivity contribution in [2.45, 2.75) is 14.1 Å². The lowest BCUT2D eigenvalue weighted by Gasteiger charge is -2.26. The summed E-state index contributed by atoms with van der Waals surface area (Å²) in [4.78, 5) is 13.8. The minimum absolute atomic E-state index is 0.335. The number of rotatable bonds is 3. The first-order chi connectivity index (χ1) is 8.70. The Labute approximate surface area is 136 Å². The van der Waals surface area contributed by atoms with Crippen LogP contribution in [0.4, 0.5) is 4.79 Å². The Hall–Kier alpha value is -0.000000000000000111. The standard InChI is InChI=1S/C11H12Cl4N2OS/c1-17(2)10(18)16-9(11(13,14)15)19-8-5-3-7(12)4-6-8/h3-6,9H,1-2H3,(H,16,18). The number of halogens is 4. The number of alkyl halides is 3. The third kappa shape index (κ3) is 5.88. The highest BCUT2D eigenvalue weighted by Gasteiger charge is 2.35. The van der Waals surface area contributed by atoms with Crippen LogP contribution in [0.25, 0.3) is 0 Å². The second-order valence-corrected chi connectivity index (χ2v) is 7.82. The van der Waals surface area contributed by atoms with Crippen LogP contribution in [-0.2, 0) is 0 Å². The number of nitrogens with one attached hydrogen (secondary N) is 1. The minimum Gasteiger partial charge on any atom is -0.331 e. The van der Waals surface area contributed by atoms with Gasteiger partial charge in [0.15, 0.2) is 0 Å². The Bertz CT molecular complexity index is 433. The molecule has 1 rings (SSSR count). The van der Waals surface area contributed by atoms with Crippen LogP contribution >= 0.6 is 58.2 Å². The third-order valence-electron chi connectivity index (χ3n) is 2.03. The Morgan fingerprint density at radius 1 is 1.26 bits per heavy atom. The summed E-state index contributed by atoms with van der Waals surface area (Å²) in [6, 6.07) is 6.70. The van der Waals surface area contributed by atoms with E-state index in [-0.39, 0.29) is 6.03 Å². The first kappa shape index (κ1) is 17.1. The van der Waals surface area contributed by atoms with E-state index in [4.69, 9.17) is 46.4 Å². The van der Waals surface area contributed by atoms with Gasteiger partial charge in [-0.05, 0) is 24.3 Å². The molecule has 0 fully saturated rings. The van der Waals surface area contributed by atoms with Crippen molar-refractivity contribution >= 4 is 64.2 Å². The van der Waals surface area contributed by atoms with E-state index >= 15 is 0 Å². The molecule has 0 radical (unpaired) electrons. The summed E-state index contributed by atoms with van der Waals surface area (Å²) in [5.74, 6) is 0. The average molecular weight is 362 g/mol. The molecular weight excluding hydrogens is 350 g/mol. The summed E-state index contributed by atoms with van der Waals surface area (Å²) in [5.41, 5.74) is 0. The highest BCUT2D eigenvalue weighted by atomic mass is 35.6. The smallest absolute Gasteiger partial charge is 0.317 e. The lowest BCUT2D eigenvalue weighted by atomic mass is 10.4. The number of hydrogen-bond donors (Lipinski definition) is 1. The number of nitrogens with zero attached hydrogens (tertiary/aromatic N) is 1. The molecule has 1 unspecified atom stereocenters. The highest BCUT2D eigenvalue weighted by Crippen LogP contribution is 2.39. The van der Waals surface area contributed by atoms with Gasteiger partial charge in [0, 0.05) is 24.0 Å². The van der Waals surface area contributed by atoms with E-state index in [2.05, 4.69) is 5.32 Å². The zero-order chi connectivity index (χ0) is 14.6. The zero-order valence-electron chi connectivity index (χ0n) is 10.2. The van der Waals surface area contributed by atoms with Crippen molar-refractivity contribution in [3.05, 3.63) is 29.3 Å². The molecule has 0 aliphatic carbocycles. The molecule has 2 amide bonds. The number of thioether (sulfide) groups is 1. The lowest BCUT2D eigenvalue weighted by molar-refractivity contribution is 0.216. The van der Waals surface area contributed by atoms with Crippen molar-refractivity contribution in [2.75, 3.05) is 14.1 Å². The predicted molar refractivity (Wildman–Crippen MR) is 83.6 cm³/mol. The van der Waals surface area contributed by atoms with Gasteiger partial charge in [-0.2, -0.15) is 0 Å². The third-order valence-corrected chi connectivity index (χ3v) is 4.57. The van der Waals surface area contributed by atoms with Crippen LogP contribution in [0.5, 0.6) is 0 Å². The first-order valence-corrected chi connectivity index (χ1v) is 7.56. The maximum absolute atomic E-state index is 11.6. The summed E-state index contributed by atoms with van der Waals surface area (Å²) < 4.78 is -1.63. The number of benzene rings is 1. The average Bonchev–Trinajstić information content (AvgIpc) is 2.29. The van der Waals surface area contributed by atoms with Gasteiger partial charge in [0.05, 0.1) is 0 Å². The van der Waals surface area contributed by atoms with E-state index in [1.807, 2.05) is 0 Å². The SMILES string of the molecule is CN(C)C(=O)NC(Sc1ccc(Cl)cc1)C(Cl)(Cl)Cl. The quantitative estimate of drug-likeness (QED) is 0.491. The summed E-state index contributed by atoms with van der Waals surface area (Å²) in [6.07, 6.45) is 0. The Morgan fingerprint density at radius 3 is 2.21 bits per heavy atom. The lowest BCUT2D eigenvalue weighted by Crippen LogP contribution is -2.45. The monoisotopic (exact) mass is 360 g/mol. The van der Waals surface area contributed by atoms with Gasteiger partial charge in [-0.3, -0.25) is 0 Å². The number of amides is 2. The molecule has 0 heterocycles. The van der Waals surface area contributed by atoms with Crippen LogP contribution in [0.2, 0.25) is 5.02 Å². The molecule has 0 saturated heterocycles. The number of urea groups is 1. The van der Waals surface area contributed by atoms with Crippen molar-refractivity contribution in [3.63, 3.8) is 0 Å². The number of carbonyl (C=O) groups is 1. The van der Waals surface area contributed by atoms with Gasteiger partial charge in [0.25, 0.3) is 0 Å². The molecule has 0 aliphatic rings. The Balaban J connectivity index is 2.81. The van der Waals surface area contributed by atoms with E-state index in [1.165, 1.54) is 16.7 Å². The van der Waals surface area contributed by atoms with E-state index < -0.39 is 9.17 Å². The van der Waals surface area contributed by atoms with Gasteiger partial charge < -0.3 is 10.2 Å². The van der Waals surface area contributed by atoms with Crippen LogP contribution in [-0.4, -0.2) is 34.2 Å². The molecule has 0 saturated carbocycles. The molecule has 1 atom stereocenters. The number of carbonyl (C=O) groups excluding carboxylic acids is 1. The van der Waals surface area contributed by atoms with Crippen LogP contribution in [0.1, 0.15) is 0 Å². The molecule has 0 aliphatic heterocycles. The molecular formula is C11H12Cl4N2OS. The molecule has 19 heavy (non-hydrogen) atoms. The largest absolute Gasteiger partial charge is 0.331 e. The topological polar surface area (TPSA) is 32.3 Å². The maximum atomic E-state index is 11.6. The van der Waals surface area contributed by atoms with Gasteiger partial charge in [-0.1, -0.05) is 58.2 Å². The molecule has 8 heteroatoms. The van der Waals surface area contributed by atoms with Crippen LogP contribution in [0.3, 0.4) is 0 Å². The molecule has 106 valence electrons. The Kier molecular flexibility index (Phi) is 6.40. The summed E-state index contributed by atoms with van der Waals surface area (Å²) >= 11 is 24.7. The predicted octanol–water partition coefficient (Wildman–Crippen LogP) is 4.40. The molecule has 3 nitrogen and oxygen atoms in total. The van der Waals surface area contributed by atoms with E-state index in [1.54, 1.807) is 38.4 Å². The van der Waals surface area contributed by atoms with Crippen molar-refractivity contribution in [1.29, 1.82) is 0 Å². The molecule has 1 aromatic carbocycles. The second-order valence-electron chi connectivity index (χ2n) is 3.84. The van der Waals surface area contributed by atoms with Crippen molar-refractivity contribution < 1.29 is 4.79 Å². The Morgan fingerprint density at radius 2 is 1.79 bits per heavy atom. The van der Waals surface area contributed by atoms with Crippen molar-refractivity contribution in [2.24, 2.45) is 0 Å². The van der Waals surface area contributed by atoms with Gasteiger partial charge in [-0.15, -0.1) is 0 Å². The summed E-state index contributed by atoms with van der Waals surface area (Å²) in [7, 11) is 3.22. The minimum atomic E-state index is -1.63. The molecule has 1 N–H and O–H groups in total. The fraction of sp³-hybridized carbons (Fsp3) is 0.364. The molecule has 0 aromatic heterocycles. The zero-order valence-corrected chi connectivity index (χ0v) is 14.0. The van der Waals surface area contributed by atoms with Crippen LogP contribution in [0.15, 0.2) is 29.2 Å². The van der Waals surface area contributed by atoms with Gasteiger partial charge in [-0.25, -0.2) is 4.79 Å². The van der Waals surface area contributed by atoms with Gasteiger partial charge in [0.1, 0.15) is 5.37 Å². The van der Waals surface area contributed by atoms with Gasteiger partial charge in [0.2, 0.25) is 3.79 Å². The fourth-order valence-electron chi connectivity index (χ4n) is 1.07.